The molecule has 0 saturated heterocycles. The minimum atomic E-state index is -0.0988. The monoisotopic (exact) mass is 344 g/mol. The second-order valence-electron chi connectivity index (χ2n) is 5.26. The number of amides is 2. The lowest BCUT2D eigenvalue weighted by Gasteiger charge is -2.07. The Bertz CT molecular complexity index is 701. The van der Waals surface area contributed by atoms with Crippen LogP contribution in [-0.4, -0.2) is 24.0 Å². The molecule has 0 radical (unpaired) electrons. The SMILES string of the molecule is CC(=O)NCc1ccccc1O.COc1ccccc1CNC(C)=O. The van der Waals surface area contributed by atoms with Crippen molar-refractivity contribution >= 4 is 11.8 Å². The first kappa shape index (κ1) is 20.0. The predicted molar refractivity (Wildman–Crippen MR) is 96.1 cm³/mol. The summed E-state index contributed by atoms with van der Waals surface area (Å²) in [5.41, 5.74) is 1.72. The summed E-state index contributed by atoms with van der Waals surface area (Å²) < 4.78 is 5.13. The highest BCUT2D eigenvalue weighted by Gasteiger charge is 2.01. The highest BCUT2D eigenvalue weighted by molar-refractivity contribution is 5.73. The summed E-state index contributed by atoms with van der Waals surface area (Å²) in [5, 5.41) is 14.6. The van der Waals surface area contributed by atoms with Crippen molar-refractivity contribution in [2.45, 2.75) is 26.9 Å². The minimum absolute atomic E-state index is 0.0362. The van der Waals surface area contributed by atoms with Crippen molar-refractivity contribution in [1.82, 2.24) is 10.6 Å². The molecule has 2 aromatic carbocycles. The maximum Gasteiger partial charge on any atom is 0.217 e. The Morgan fingerprint density at radius 3 is 1.88 bits per heavy atom. The number of hydrogen-bond donors (Lipinski definition) is 3. The maximum atomic E-state index is 10.7. The number of ether oxygens (including phenoxy) is 1. The molecule has 3 N–H and O–H groups in total. The number of hydrogen-bond acceptors (Lipinski definition) is 4. The van der Waals surface area contributed by atoms with Gasteiger partial charge in [-0.05, 0) is 12.1 Å². The minimum Gasteiger partial charge on any atom is -0.508 e. The number of nitrogens with one attached hydrogen (secondary N) is 2. The zero-order valence-electron chi connectivity index (χ0n) is 14.7. The van der Waals surface area contributed by atoms with E-state index in [1.807, 2.05) is 30.3 Å². The second kappa shape index (κ2) is 10.7. The van der Waals surface area contributed by atoms with Gasteiger partial charge in [-0.3, -0.25) is 9.59 Å². The molecule has 0 unspecified atom stereocenters. The van der Waals surface area contributed by atoms with E-state index in [1.54, 1.807) is 25.3 Å². The topological polar surface area (TPSA) is 87.7 Å². The number of carbonyl (C=O) groups is 2. The van der Waals surface area contributed by atoms with E-state index in [0.29, 0.717) is 13.1 Å². The Hall–Kier alpha value is -3.02. The third-order valence-corrected chi connectivity index (χ3v) is 3.24. The van der Waals surface area contributed by atoms with Crippen LogP contribution in [0.15, 0.2) is 48.5 Å². The van der Waals surface area contributed by atoms with Gasteiger partial charge in [0.15, 0.2) is 0 Å². The fourth-order valence-electron chi connectivity index (χ4n) is 1.95. The number of aromatic hydroxyl groups is 1. The number of phenols is 1. The van der Waals surface area contributed by atoms with Crippen molar-refractivity contribution in [2.24, 2.45) is 0 Å². The van der Waals surface area contributed by atoms with Crippen molar-refractivity contribution in [3.63, 3.8) is 0 Å². The van der Waals surface area contributed by atoms with Crippen LogP contribution in [0.5, 0.6) is 11.5 Å². The summed E-state index contributed by atoms with van der Waals surface area (Å²) >= 11 is 0. The van der Waals surface area contributed by atoms with Crippen LogP contribution in [0.3, 0.4) is 0 Å². The number of methoxy groups -OCH3 is 1. The summed E-state index contributed by atoms with van der Waals surface area (Å²) in [6.45, 7) is 3.83. The standard InChI is InChI=1S/C10H13NO2.C9H11NO2/c1-8(12)11-7-9-5-3-4-6-10(9)13-2;1-7(11)10-6-8-4-2-3-5-9(8)12/h3-6H,7H2,1-2H3,(H,11,12);2-5,12H,6H2,1H3,(H,10,11). The third kappa shape index (κ3) is 7.87. The van der Waals surface area contributed by atoms with E-state index in [2.05, 4.69) is 10.6 Å². The van der Waals surface area contributed by atoms with Gasteiger partial charge in [-0.1, -0.05) is 36.4 Å². The molecular weight excluding hydrogens is 320 g/mol. The summed E-state index contributed by atoms with van der Waals surface area (Å²) in [7, 11) is 1.62. The Kier molecular flexibility index (Phi) is 8.57. The van der Waals surface area contributed by atoms with Gasteiger partial charge < -0.3 is 20.5 Å². The van der Waals surface area contributed by atoms with E-state index in [0.717, 1.165) is 16.9 Å². The van der Waals surface area contributed by atoms with Gasteiger partial charge in [0.05, 0.1) is 7.11 Å². The van der Waals surface area contributed by atoms with E-state index in [-0.39, 0.29) is 17.6 Å². The van der Waals surface area contributed by atoms with Gasteiger partial charge in [-0.25, -0.2) is 0 Å². The highest BCUT2D eigenvalue weighted by Crippen LogP contribution is 2.16. The third-order valence-electron chi connectivity index (χ3n) is 3.24. The summed E-state index contributed by atoms with van der Waals surface area (Å²) in [6.07, 6.45) is 0. The largest absolute Gasteiger partial charge is 0.508 e. The molecule has 6 nitrogen and oxygen atoms in total. The van der Waals surface area contributed by atoms with E-state index < -0.39 is 0 Å². The van der Waals surface area contributed by atoms with Crippen LogP contribution < -0.4 is 15.4 Å². The summed E-state index contributed by atoms with van der Waals surface area (Å²) in [4.78, 5) is 21.2. The lowest BCUT2D eigenvalue weighted by atomic mass is 10.2. The Morgan fingerprint density at radius 2 is 1.36 bits per heavy atom. The van der Waals surface area contributed by atoms with Crippen LogP contribution in [0, 0.1) is 0 Å². The lowest BCUT2D eigenvalue weighted by Crippen LogP contribution is -2.19. The van der Waals surface area contributed by atoms with Crippen molar-refractivity contribution in [3.8, 4) is 11.5 Å². The molecule has 0 aliphatic carbocycles. The van der Waals surface area contributed by atoms with E-state index >= 15 is 0 Å². The smallest absolute Gasteiger partial charge is 0.217 e. The number of benzene rings is 2. The van der Waals surface area contributed by atoms with Crippen molar-refractivity contribution in [3.05, 3.63) is 59.7 Å². The van der Waals surface area contributed by atoms with Gasteiger partial charge in [-0.2, -0.15) is 0 Å². The van der Waals surface area contributed by atoms with Crippen LogP contribution in [0.2, 0.25) is 0 Å². The van der Waals surface area contributed by atoms with Crippen LogP contribution in [-0.2, 0) is 22.7 Å². The molecule has 0 aliphatic heterocycles. The fourth-order valence-corrected chi connectivity index (χ4v) is 1.95. The van der Waals surface area contributed by atoms with Crippen LogP contribution >= 0.6 is 0 Å². The molecule has 0 aromatic heterocycles. The van der Waals surface area contributed by atoms with Crippen LogP contribution in [0.25, 0.3) is 0 Å². The molecule has 0 spiro atoms. The molecule has 134 valence electrons. The molecule has 0 aliphatic rings. The highest BCUT2D eigenvalue weighted by atomic mass is 16.5. The average Bonchev–Trinajstić information content (AvgIpc) is 2.60. The van der Waals surface area contributed by atoms with Crippen LogP contribution in [0.4, 0.5) is 0 Å². The van der Waals surface area contributed by atoms with Crippen molar-refractivity contribution in [2.75, 3.05) is 7.11 Å². The lowest BCUT2D eigenvalue weighted by molar-refractivity contribution is -0.120. The quantitative estimate of drug-likeness (QED) is 0.777. The Labute approximate surface area is 147 Å². The van der Waals surface area contributed by atoms with E-state index in [4.69, 9.17) is 4.74 Å². The molecule has 2 aromatic rings. The first-order valence-corrected chi connectivity index (χ1v) is 7.81. The summed E-state index contributed by atoms with van der Waals surface area (Å²) in [6, 6.07) is 14.5. The number of para-hydroxylation sites is 2. The number of rotatable bonds is 5. The Morgan fingerprint density at radius 1 is 0.880 bits per heavy atom. The molecule has 0 bridgehead atoms. The zero-order valence-corrected chi connectivity index (χ0v) is 14.7. The van der Waals surface area contributed by atoms with Gasteiger partial charge in [-0.15, -0.1) is 0 Å². The summed E-state index contributed by atoms with van der Waals surface area (Å²) in [5.74, 6) is 0.881. The molecule has 6 heteroatoms. The molecule has 2 rings (SSSR count). The molecule has 0 atom stereocenters. The van der Waals surface area contributed by atoms with Gasteiger partial charge in [0, 0.05) is 38.1 Å². The maximum absolute atomic E-state index is 10.7. The van der Waals surface area contributed by atoms with Gasteiger partial charge in [0.1, 0.15) is 11.5 Å². The van der Waals surface area contributed by atoms with Gasteiger partial charge in [0.25, 0.3) is 0 Å². The first-order valence-electron chi connectivity index (χ1n) is 7.81. The van der Waals surface area contributed by atoms with Gasteiger partial charge >= 0.3 is 0 Å². The molecule has 0 heterocycles. The molecule has 25 heavy (non-hydrogen) atoms. The Balaban J connectivity index is 0.000000251. The van der Waals surface area contributed by atoms with E-state index in [9.17, 15) is 14.7 Å². The molecule has 0 saturated carbocycles. The van der Waals surface area contributed by atoms with Crippen LogP contribution in [0.1, 0.15) is 25.0 Å². The van der Waals surface area contributed by atoms with Crippen molar-refractivity contribution < 1.29 is 19.4 Å². The van der Waals surface area contributed by atoms with Gasteiger partial charge in [0.2, 0.25) is 11.8 Å². The van der Waals surface area contributed by atoms with Crippen molar-refractivity contribution in [1.29, 1.82) is 0 Å². The molecule has 2 amide bonds. The first-order chi connectivity index (χ1) is 11.9. The number of phenolic OH excluding ortho intramolecular Hbond substituents is 1. The normalized spacial score (nSPS) is 9.40. The molecule has 0 fully saturated rings. The van der Waals surface area contributed by atoms with E-state index in [1.165, 1.54) is 13.8 Å². The number of carbonyl (C=O) groups excluding carboxylic acids is 2. The predicted octanol–water partition coefficient (Wildman–Crippen LogP) is 2.36. The second-order valence-corrected chi connectivity index (χ2v) is 5.26. The zero-order chi connectivity index (χ0) is 18.7. The molecular formula is C19H24N2O4. The fraction of sp³-hybridized carbons (Fsp3) is 0.263. The average molecular weight is 344 g/mol.